The Labute approximate surface area is 128 Å². The highest BCUT2D eigenvalue weighted by atomic mass is 127. The second kappa shape index (κ2) is 6.38. The topological polar surface area (TPSA) is 34.1 Å². The zero-order valence-electron chi connectivity index (χ0n) is 9.78. The molecule has 0 aliphatic rings. The number of benzene rings is 1. The lowest BCUT2D eigenvalue weighted by Crippen LogP contribution is -2.03. The van der Waals surface area contributed by atoms with Crippen molar-refractivity contribution in [3.05, 3.63) is 50.1 Å². The van der Waals surface area contributed by atoms with Crippen LogP contribution in [-0.4, -0.2) is 12.1 Å². The first-order chi connectivity index (χ1) is 8.69. The average Bonchev–Trinajstić information content (AvgIpc) is 2.38. The van der Waals surface area contributed by atoms with Crippen LogP contribution in [0.2, 0.25) is 0 Å². The monoisotopic (exact) mass is 418 g/mol. The van der Waals surface area contributed by atoms with Gasteiger partial charge < -0.3 is 10.1 Å². The van der Waals surface area contributed by atoms with E-state index in [2.05, 4.69) is 61.0 Å². The van der Waals surface area contributed by atoms with Crippen molar-refractivity contribution in [2.24, 2.45) is 0 Å². The Kier molecular flexibility index (Phi) is 4.82. The van der Waals surface area contributed by atoms with E-state index in [0.29, 0.717) is 12.4 Å². The van der Waals surface area contributed by atoms with Crippen molar-refractivity contribution in [2.75, 3.05) is 12.4 Å². The van der Waals surface area contributed by atoms with E-state index in [-0.39, 0.29) is 0 Å². The fourth-order valence-electron chi connectivity index (χ4n) is 1.49. The highest BCUT2D eigenvalue weighted by Gasteiger charge is 2.01. The van der Waals surface area contributed by atoms with Crippen LogP contribution in [0.5, 0.6) is 5.88 Å². The molecule has 0 unspecified atom stereocenters. The SMILES string of the molecule is COc1cccc(CNc2ccc(I)cc2Br)n1. The number of hydrogen-bond acceptors (Lipinski definition) is 3. The molecule has 0 amide bonds. The Morgan fingerprint density at radius 2 is 2.17 bits per heavy atom. The molecule has 1 aromatic carbocycles. The van der Waals surface area contributed by atoms with Crippen molar-refractivity contribution in [1.82, 2.24) is 4.98 Å². The number of nitrogens with one attached hydrogen (secondary N) is 1. The van der Waals surface area contributed by atoms with Crippen LogP contribution in [0.1, 0.15) is 5.69 Å². The number of nitrogens with zero attached hydrogens (tertiary/aromatic N) is 1. The minimum Gasteiger partial charge on any atom is -0.481 e. The molecule has 0 radical (unpaired) electrons. The molecule has 0 bridgehead atoms. The number of methoxy groups -OCH3 is 1. The van der Waals surface area contributed by atoms with Crippen LogP contribution >= 0.6 is 38.5 Å². The van der Waals surface area contributed by atoms with Crippen LogP contribution in [0.3, 0.4) is 0 Å². The van der Waals surface area contributed by atoms with Crippen LogP contribution in [0.15, 0.2) is 40.9 Å². The summed E-state index contributed by atoms with van der Waals surface area (Å²) in [5, 5.41) is 3.34. The quantitative estimate of drug-likeness (QED) is 0.760. The number of aromatic nitrogens is 1. The fourth-order valence-corrected chi connectivity index (χ4v) is 2.93. The summed E-state index contributed by atoms with van der Waals surface area (Å²) in [6, 6.07) is 11.9. The van der Waals surface area contributed by atoms with Gasteiger partial charge in [0.15, 0.2) is 0 Å². The maximum Gasteiger partial charge on any atom is 0.213 e. The molecule has 1 N–H and O–H groups in total. The Morgan fingerprint density at radius 3 is 2.89 bits per heavy atom. The number of halogens is 2. The normalized spacial score (nSPS) is 10.2. The van der Waals surface area contributed by atoms with Crippen molar-refractivity contribution in [3.8, 4) is 5.88 Å². The number of hydrogen-bond donors (Lipinski definition) is 1. The van der Waals surface area contributed by atoms with E-state index in [0.717, 1.165) is 15.9 Å². The smallest absolute Gasteiger partial charge is 0.213 e. The Morgan fingerprint density at radius 1 is 1.33 bits per heavy atom. The number of rotatable bonds is 4. The summed E-state index contributed by atoms with van der Waals surface area (Å²) in [5.41, 5.74) is 2.00. The van der Waals surface area contributed by atoms with Crippen LogP contribution in [0, 0.1) is 3.57 Å². The van der Waals surface area contributed by atoms with Crippen molar-refractivity contribution >= 4 is 44.2 Å². The van der Waals surface area contributed by atoms with Crippen LogP contribution in [0.4, 0.5) is 5.69 Å². The van der Waals surface area contributed by atoms with E-state index in [1.165, 1.54) is 3.57 Å². The minimum atomic E-state index is 0.635. The van der Waals surface area contributed by atoms with Gasteiger partial charge in [-0.25, -0.2) is 4.98 Å². The predicted octanol–water partition coefficient (Wildman–Crippen LogP) is 4.07. The Bertz CT molecular complexity index is 548. The summed E-state index contributed by atoms with van der Waals surface area (Å²) in [6.07, 6.45) is 0. The first-order valence-corrected chi connectivity index (χ1v) is 7.25. The third-order valence-electron chi connectivity index (χ3n) is 2.38. The molecule has 2 rings (SSSR count). The van der Waals surface area contributed by atoms with Crippen molar-refractivity contribution < 1.29 is 4.74 Å². The molecule has 3 nitrogen and oxygen atoms in total. The number of ether oxygens (including phenoxy) is 1. The molecule has 1 heterocycles. The molecule has 0 aliphatic heterocycles. The summed E-state index contributed by atoms with van der Waals surface area (Å²) in [4.78, 5) is 4.35. The molecular weight excluding hydrogens is 407 g/mol. The molecule has 0 spiro atoms. The molecule has 18 heavy (non-hydrogen) atoms. The lowest BCUT2D eigenvalue weighted by molar-refractivity contribution is 0.396. The van der Waals surface area contributed by atoms with Gasteiger partial charge in [-0.15, -0.1) is 0 Å². The molecule has 0 fully saturated rings. The second-order valence-corrected chi connectivity index (χ2v) is 5.75. The van der Waals surface area contributed by atoms with Gasteiger partial charge in [-0.1, -0.05) is 6.07 Å². The van der Waals surface area contributed by atoms with Crippen LogP contribution in [-0.2, 0) is 6.54 Å². The number of anilines is 1. The third kappa shape index (κ3) is 3.58. The van der Waals surface area contributed by atoms with Crippen LogP contribution in [0.25, 0.3) is 0 Å². The minimum absolute atomic E-state index is 0.635. The number of pyridine rings is 1. The third-order valence-corrected chi connectivity index (χ3v) is 3.71. The molecule has 0 saturated heterocycles. The zero-order chi connectivity index (χ0) is 13.0. The molecular formula is C13H12BrIN2O. The molecule has 0 atom stereocenters. The van der Waals surface area contributed by atoms with Crippen LogP contribution < -0.4 is 10.1 Å². The first-order valence-electron chi connectivity index (χ1n) is 5.38. The standard InChI is InChI=1S/C13H12BrIN2O/c1-18-13-4-2-3-10(17-13)8-16-12-6-5-9(15)7-11(12)14/h2-7,16H,8H2,1H3. The molecule has 5 heteroatoms. The van der Waals surface area contributed by atoms with E-state index < -0.39 is 0 Å². The molecule has 94 valence electrons. The summed E-state index contributed by atoms with van der Waals surface area (Å²) in [7, 11) is 1.62. The lowest BCUT2D eigenvalue weighted by atomic mass is 10.3. The first kappa shape index (κ1) is 13.6. The lowest BCUT2D eigenvalue weighted by Gasteiger charge is -2.09. The van der Waals surface area contributed by atoms with Gasteiger partial charge in [-0.2, -0.15) is 0 Å². The molecule has 0 saturated carbocycles. The van der Waals surface area contributed by atoms with Crippen molar-refractivity contribution in [3.63, 3.8) is 0 Å². The van der Waals surface area contributed by atoms with Crippen molar-refractivity contribution in [1.29, 1.82) is 0 Å². The fraction of sp³-hybridized carbons (Fsp3) is 0.154. The zero-order valence-corrected chi connectivity index (χ0v) is 13.5. The van der Waals surface area contributed by atoms with Gasteiger partial charge in [0.1, 0.15) is 0 Å². The second-order valence-electron chi connectivity index (χ2n) is 3.65. The summed E-state index contributed by atoms with van der Waals surface area (Å²) >= 11 is 5.82. The van der Waals surface area contributed by atoms with E-state index in [9.17, 15) is 0 Å². The predicted molar refractivity (Wildman–Crippen MR) is 85.0 cm³/mol. The van der Waals surface area contributed by atoms with Gasteiger partial charge in [-0.05, 0) is 62.8 Å². The van der Waals surface area contributed by atoms with Gasteiger partial charge in [0.05, 0.1) is 19.3 Å². The van der Waals surface area contributed by atoms with Gasteiger partial charge in [0.2, 0.25) is 5.88 Å². The Hall–Kier alpha value is -0.820. The average molecular weight is 419 g/mol. The summed E-state index contributed by atoms with van der Waals surface area (Å²) in [5.74, 6) is 0.635. The van der Waals surface area contributed by atoms with Gasteiger partial charge in [0.25, 0.3) is 0 Å². The molecule has 1 aromatic heterocycles. The summed E-state index contributed by atoms with van der Waals surface area (Å²) in [6.45, 7) is 0.663. The van der Waals surface area contributed by atoms with E-state index in [1.54, 1.807) is 7.11 Å². The van der Waals surface area contributed by atoms with Gasteiger partial charge >= 0.3 is 0 Å². The van der Waals surface area contributed by atoms with E-state index in [4.69, 9.17) is 4.74 Å². The highest BCUT2D eigenvalue weighted by Crippen LogP contribution is 2.24. The largest absolute Gasteiger partial charge is 0.481 e. The highest BCUT2D eigenvalue weighted by molar-refractivity contribution is 14.1. The van der Waals surface area contributed by atoms with Crippen molar-refractivity contribution in [2.45, 2.75) is 6.54 Å². The Balaban J connectivity index is 2.06. The van der Waals surface area contributed by atoms with E-state index in [1.807, 2.05) is 24.3 Å². The molecule has 2 aromatic rings. The summed E-state index contributed by atoms with van der Waals surface area (Å²) < 4.78 is 7.35. The van der Waals surface area contributed by atoms with E-state index >= 15 is 0 Å². The maximum absolute atomic E-state index is 5.10. The molecule has 0 aliphatic carbocycles. The van der Waals surface area contributed by atoms with Gasteiger partial charge in [-0.3, -0.25) is 0 Å². The maximum atomic E-state index is 5.10. The van der Waals surface area contributed by atoms with Gasteiger partial charge in [0, 0.05) is 19.8 Å².